The molecule has 4 aliphatic heterocycles. The largest absolute Gasteiger partial charge is 0.458 e. The van der Waals surface area contributed by atoms with E-state index in [4.69, 9.17) is 31.6 Å². The van der Waals surface area contributed by atoms with Crippen molar-refractivity contribution in [3.63, 3.8) is 0 Å². The van der Waals surface area contributed by atoms with E-state index in [9.17, 15) is 57.8 Å². The number of carbonyl (C=O) groups excluding carboxylic acids is 11. The van der Waals surface area contributed by atoms with Crippen molar-refractivity contribution in [1.29, 1.82) is 0 Å². The number of aliphatic hydroxyl groups is 1. The van der Waals surface area contributed by atoms with Crippen LogP contribution in [0.1, 0.15) is 352 Å². The molecule has 24 rings (SSSR count). The zero-order chi connectivity index (χ0) is 93.3. The fourth-order valence-corrected chi connectivity index (χ4v) is 41.0. The van der Waals surface area contributed by atoms with Gasteiger partial charge in [-0.25, -0.2) is 0 Å². The lowest BCUT2D eigenvalue weighted by molar-refractivity contribution is -0.168. The number of ketones is 5. The molecule has 718 valence electrons. The molecule has 19 heteroatoms. The molecule has 0 radical (unpaired) electrons. The zero-order valence-corrected chi connectivity index (χ0v) is 83.9. The van der Waals surface area contributed by atoms with Gasteiger partial charge >= 0.3 is 23.9 Å². The van der Waals surface area contributed by atoms with Crippen molar-refractivity contribution in [3.8, 4) is 0 Å². The summed E-state index contributed by atoms with van der Waals surface area (Å²) < 4.78 is 24.1. The Morgan fingerprint density at radius 3 is 1.06 bits per heavy atom. The van der Waals surface area contributed by atoms with Gasteiger partial charge in [0.05, 0.1) is 5.60 Å². The van der Waals surface area contributed by atoms with E-state index in [1.807, 2.05) is 42.1 Å². The maximum atomic E-state index is 12.2. The van der Waals surface area contributed by atoms with Crippen LogP contribution >= 0.6 is 36.2 Å². The van der Waals surface area contributed by atoms with Gasteiger partial charge in [-0.15, -0.1) is 0 Å². The van der Waals surface area contributed by atoms with Crippen LogP contribution in [0.2, 0.25) is 0 Å². The molecule has 20 aliphatic carbocycles. The predicted molar refractivity (Wildman–Crippen MR) is 514 cm³/mol. The van der Waals surface area contributed by atoms with Crippen LogP contribution in [-0.2, 0) is 71.7 Å². The van der Waals surface area contributed by atoms with Crippen molar-refractivity contribution in [3.05, 3.63) is 82.5 Å². The van der Waals surface area contributed by atoms with E-state index in [1.165, 1.54) is 78.2 Å². The highest BCUT2D eigenvalue weighted by Gasteiger charge is 2.74. The van der Waals surface area contributed by atoms with Gasteiger partial charge in [0.25, 0.3) is 0 Å². The number of aldehydes is 1. The van der Waals surface area contributed by atoms with Gasteiger partial charge in [-0.1, -0.05) is 122 Å². The Labute approximate surface area is 799 Å². The molecular weight excluding hydrogens is 1710 g/mol. The normalized spacial score (nSPS) is 50.4. The third kappa shape index (κ3) is 14.1. The van der Waals surface area contributed by atoms with Gasteiger partial charge in [0, 0.05) is 109 Å². The molecule has 4 saturated heterocycles. The van der Waals surface area contributed by atoms with Crippen molar-refractivity contribution in [2.45, 2.75) is 396 Å². The monoisotopic (exact) mass is 1860 g/mol. The topological polar surface area (TPSA) is 245 Å². The van der Waals surface area contributed by atoms with E-state index in [-0.39, 0.29) is 128 Å². The average molecular weight is 1860 g/mol. The van der Waals surface area contributed by atoms with E-state index < -0.39 is 5.60 Å². The lowest BCUT2D eigenvalue weighted by Gasteiger charge is -2.61. The second kappa shape index (κ2) is 33.2. The Morgan fingerprint density at radius 1 is 0.371 bits per heavy atom. The molecule has 4 heterocycles. The summed E-state index contributed by atoms with van der Waals surface area (Å²) in [4.78, 5) is 131. The maximum absolute atomic E-state index is 12.2. The lowest BCUT2D eigenvalue weighted by Crippen LogP contribution is -2.57. The van der Waals surface area contributed by atoms with Crippen LogP contribution in [0, 0.1) is 143 Å². The molecule has 4 spiro atoms. The van der Waals surface area contributed by atoms with Gasteiger partial charge in [0.2, 0.25) is 0 Å². The summed E-state index contributed by atoms with van der Waals surface area (Å²) in [6.45, 7) is 25.5. The van der Waals surface area contributed by atoms with E-state index in [1.54, 1.807) is 6.92 Å². The summed E-state index contributed by atoms with van der Waals surface area (Å²) in [7, 11) is 0. The first-order chi connectivity index (χ1) is 62.5. The number of thioether (sulfide) groups is 2. The van der Waals surface area contributed by atoms with E-state index in [2.05, 4.69) is 99.8 Å². The van der Waals surface area contributed by atoms with Crippen molar-refractivity contribution >= 4 is 100 Å². The molecule has 17 fully saturated rings. The fourth-order valence-electron chi connectivity index (χ4n) is 38.1. The van der Waals surface area contributed by atoms with Crippen molar-refractivity contribution in [1.82, 2.24) is 0 Å². The molecule has 0 aromatic carbocycles. The lowest BCUT2D eigenvalue weighted by atomic mass is 9.46. The number of esters is 4. The summed E-state index contributed by atoms with van der Waals surface area (Å²) >= 11 is 8.58. The van der Waals surface area contributed by atoms with E-state index in [0.717, 1.165) is 180 Å². The summed E-state index contributed by atoms with van der Waals surface area (Å²) in [5.41, 5.74) is 5.95. The second-order valence-corrected chi connectivity index (χ2v) is 53.1. The molecule has 0 amide bonds. The number of thiol groups is 1. The molecule has 13 saturated carbocycles. The zero-order valence-electron chi connectivity index (χ0n) is 81.4. The van der Waals surface area contributed by atoms with Crippen LogP contribution < -0.4 is 0 Å². The predicted octanol–water partition coefficient (Wildman–Crippen LogP) is 22.7. The summed E-state index contributed by atoms with van der Waals surface area (Å²) in [5.74, 6) is 10.0. The molecule has 16 nitrogen and oxygen atoms in total. The van der Waals surface area contributed by atoms with Crippen molar-refractivity contribution in [2.75, 3.05) is 6.26 Å². The Balaban J connectivity index is 0.000000103. The minimum atomic E-state index is -0.697. The maximum Gasteiger partial charge on any atom is 0.306 e. The number of carbonyl (C=O) groups is 11. The molecule has 30 unspecified atom stereocenters. The highest BCUT2D eigenvalue weighted by atomic mass is 32.2. The Bertz CT molecular complexity index is 5060. The third-order valence-electron chi connectivity index (χ3n) is 45.9. The Morgan fingerprint density at radius 2 is 0.682 bits per heavy atom. The fraction of sp³-hybridized carbons (Fsp3) is 0.779. The first-order valence-electron chi connectivity index (χ1n) is 52.5. The van der Waals surface area contributed by atoms with Gasteiger partial charge in [0.1, 0.15) is 28.7 Å². The summed E-state index contributed by atoms with van der Waals surface area (Å²) in [5, 5.41) is 12.7. The quantitative estimate of drug-likeness (QED) is 0.112. The SMILES string of the molecule is CC(=O)S[C@@H]1CC2=CC(=O)CCC2(C)C2CCC3(C)C(CCC34CCC(=O)O4)C21.CC12CCC(=O)C=C1C=CC1C2CCC2(C)C1CCC2(O)CCC=O.CC12CCC(=O)C=C1C=CC1C2CCC2(C)C1CCC21CCC(=O)O1.CC12CCC(=O)C=C1C[C@@H](S)C1C2CCC2(C)C1CCC21CCC(=O)O1.CS[C@@H]1CC2=CC(=O)CCC2(C)C2CCC3(C)C(CCC34CCC(=O)O4)C21. The number of hydrogen-bond acceptors (Lipinski definition) is 19. The van der Waals surface area contributed by atoms with Crippen molar-refractivity contribution < 1.29 is 76.8 Å². The van der Waals surface area contributed by atoms with E-state index >= 15 is 0 Å². The summed E-state index contributed by atoms with van der Waals surface area (Å²) in [6.07, 6.45) is 62.2. The molecule has 0 aromatic heterocycles. The Kier molecular flexibility index (Phi) is 23.7. The van der Waals surface area contributed by atoms with Crippen LogP contribution in [0.4, 0.5) is 0 Å². The van der Waals surface area contributed by atoms with Crippen LogP contribution in [-0.4, -0.2) is 119 Å². The molecule has 0 bridgehead atoms. The minimum absolute atomic E-state index is 0.00282. The van der Waals surface area contributed by atoms with Crippen LogP contribution in [0.5, 0.6) is 0 Å². The highest BCUT2D eigenvalue weighted by molar-refractivity contribution is 8.14. The molecule has 0 aromatic rings. The molecular formula is C113H152O16S3. The average Bonchev–Trinajstić information content (AvgIpc) is 1.51. The Hall–Kier alpha value is -5.24. The smallest absolute Gasteiger partial charge is 0.306 e. The van der Waals surface area contributed by atoms with Gasteiger partial charge in [-0.3, -0.25) is 47.9 Å². The highest BCUT2D eigenvalue weighted by Crippen LogP contribution is 2.77. The number of hydrogen-bond donors (Lipinski definition) is 2. The number of rotatable bonds is 5. The first-order valence-corrected chi connectivity index (χ1v) is 55.2. The standard InChI is InChI=1S/C24H32O4S.C23H32O3S.C22H30O3S.C22H28O3.C22H30O3/c1-14(25)29-19-13-15-12-16(26)4-8-22(15,2)17-5-9-23(3)18(21(17)19)6-10-24(23)11-7-20(27)28-24;1-21-8-4-15(24)12-14(21)13-18(27-3)20-16(21)5-9-22(2)17(20)6-10-23(22)11-7-19(25)26-23;1-20-7-3-14(23)11-13(20)12-17(26)19-15(20)4-8-21(2)16(19)5-9-22(21)10-6-18(24)25-22;1-20-9-5-15(23)13-14(20)3-4-16-17(20)6-10-21(2)18(16)7-11-22(21)12-8-19(24)25-22;1-20-10-6-16(24)14-15(20)4-5-17-18(20)7-11-21(2)19(17)8-12-22(21,25)9-3-13-23/h12,17-19,21H,4-11,13H2,1-3H3;12,16-18,20H,4-11,13H2,1-3H3;11,15-17,19,26H,3-10,12H2,1-2H3;3-4,13,16-18H,5-12H2,1-2H3;4-5,13-14,17-19,25H,3,6-12H2,1-2H3/t17?,18?,19-,21?,22?,23?,24?;16?,17?,18-,20?,21?,22?,23?;15?,16?,17-,19?,20?,21?,22?;;/m111../s1. The minimum Gasteiger partial charge on any atom is -0.458 e. The third-order valence-corrected chi connectivity index (χ3v) is 48.6. The van der Waals surface area contributed by atoms with Gasteiger partial charge in [-0.2, -0.15) is 24.4 Å². The van der Waals surface area contributed by atoms with Gasteiger partial charge in [-0.05, 0) is 381 Å². The van der Waals surface area contributed by atoms with Gasteiger partial charge < -0.3 is 28.8 Å². The number of ether oxygens (including phenoxy) is 4. The molecule has 132 heavy (non-hydrogen) atoms. The van der Waals surface area contributed by atoms with Crippen LogP contribution in [0.15, 0.2) is 82.5 Å². The molecule has 33 atom stereocenters. The number of allylic oxidation sites excluding steroid dienone is 11. The van der Waals surface area contributed by atoms with Crippen LogP contribution in [0.3, 0.4) is 0 Å². The van der Waals surface area contributed by atoms with E-state index in [0.29, 0.717) is 175 Å². The van der Waals surface area contributed by atoms with Crippen LogP contribution in [0.25, 0.3) is 0 Å². The summed E-state index contributed by atoms with van der Waals surface area (Å²) in [6, 6.07) is 0. The molecule has 24 aliphatic rings. The van der Waals surface area contributed by atoms with Crippen molar-refractivity contribution in [2.24, 2.45) is 143 Å². The molecule has 1 N–H and O–H groups in total. The number of fused-ring (bicyclic) bond motifs is 29. The van der Waals surface area contributed by atoms with Gasteiger partial charge in [0.15, 0.2) is 34.0 Å². The second-order valence-electron chi connectivity index (χ2n) is 50.0. The first kappa shape index (κ1) is 94.4.